The molecular weight excluding hydrogens is 422 g/mol. The number of carbonyl (C=O) groups is 1. The van der Waals surface area contributed by atoms with Gasteiger partial charge in [-0.1, -0.05) is 18.2 Å². The molecule has 33 heavy (non-hydrogen) atoms. The van der Waals surface area contributed by atoms with Gasteiger partial charge in [-0.05, 0) is 36.4 Å². The van der Waals surface area contributed by atoms with Gasteiger partial charge in [-0.2, -0.15) is 0 Å². The number of piperazine rings is 1. The molecule has 1 aliphatic rings. The molecule has 0 spiro atoms. The largest absolute Gasteiger partial charge is 0.506 e. The van der Waals surface area contributed by atoms with E-state index < -0.39 is 4.92 Å². The maximum Gasteiger partial charge on any atom is 0.269 e. The van der Waals surface area contributed by atoms with E-state index in [2.05, 4.69) is 14.8 Å². The number of para-hydroxylation sites is 2. The van der Waals surface area contributed by atoms with E-state index in [9.17, 15) is 20.0 Å². The summed E-state index contributed by atoms with van der Waals surface area (Å²) in [6, 6.07) is 18.3. The van der Waals surface area contributed by atoms with Crippen LogP contribution in [0.3, 0.4) is 0 Å². The zero-order valence-corrected chi connectivity index (χ0v) is 18.1. The Balaban J connectivity index is 1.42. The highest BCUT2D eigenvalue weighted by Gasteiger charge is 2.23. The number of pyridine rings is 1. The summed E-state index contributed by atoms with van der Waals surface area (Å²) in [6.07, 6.45) is 1.64. The SMILES string of the molecule is O=C(c1ccc([N+](=O)[O-])cc1)N(CCN1CCN(c2ccccc2O)CC1)c1ccccn1. The van der Waals surface area contributed by atoms with Crippen LogP contribution >= 0.6 is 0 Å². The van der Waals surface area contributed by atoms with Gasteiger partial charge in [0.1, 0.15) is 11.6 Å². The Kier molecular flexibility index (Phi) is 6.80. The summed E-state index contributed by atoms with van der Waals surface area (Å²) in [7, 11) is 0. The quantitative estimate of drug-likeness (QED) is 0.438. The molecule has 1 N–H and O–H groups in total. The van der Waals surface area contributed by atoms with E-state index in [0.717, 1.165) is 31.9 Å². The number of non-ortho nitro benzene ring substituents is 1. The van der Waals surface area contributed by atoms with E-state index >= 15 is 0 Å². The van der Waals surface area contributed by atoms with Crippen LogP contribution < -0.4 is 9.80 Å². The predicted molar refractivity (Wildman–Crippen MR) is 126 cm³/mol. The monoisotopic (exact) mass is 447 g/mol. The molecule has 9 heteroatoms. The fraction of sp³-hybridized carbons (Fsp3) is 0.250. The number of nitrogens with zero attached hydrogens (tertiary/aromatic N) is 5. The second-order valence-electron chi connectivity index (χ2n) is 7.77. The molecular formula is C24H25N5O4. The average molecular weight is 447 g/mol. The molecule has 0 saturated carbocycles. The lowest BCUT2D eigenvalue weighted by atomic mass is 10.1. The minimum atomic E-state index is -0.487. The first-order valence-corrected chi connectivity index (χ1v) is 10.8. The van der Waals surface area contributed by atoms with E-state index in [-0.39, 0.29) is 17.3 Å². The Labute approximate surface area is 191 Å². The van der Waals surface area contributed by atoms with E-state index in [1.807, 2.05) is 24.3 Å². The van der Waals surface area contributed by atoms with Crippen molar-refractivity contribution >= 4 is 23.1 Å². The molecule has 1 fully saturated rings. The van der Waals surface area contributed by atoms with Gasteiger partial charge in [0.2, 0.25) is 0 Å². The standard InChI is InChI=1S/C24H25N5O4/c30-22-6-2-1-5-21(22)27-16-13-26(14-17-27)15-18-28(23-7-3-4-12-25-23)24(31)19-8-10-20(11-9-19)29(32)33/h1-12,30H,13-18H2. The Morgan fingerprint density at radius 3 is 2.33 bits per heavy atom. The lowest BCUT2D eigenvalue weighted by molar-refractivity contribution is -0.384. The molecule has 0 unspecified atom stereocenters. The number of hydrogen-bond acceptors (Lipinski definition) is 7. The Morgan fingerprint density at radius 1 is 1.00 bits per heavy atom. The normalized spacial score (nSPS) is 14.1. The number of phenolic OH excluding ortho intramolecular Hbond substituents is 1. The molecule has 4 rings (SSSR count). The van der Waals surface area contributed by atoms with Crippen LogP contribution in [0.25, 0.3) is 0 Å². The van der Waals surface area contributed by atoms with Gasteiger partial charge >= 0.3 is 0 Å². The van der Waals surface area contributed by atoms with E-state index in [4.69, 9.17) is 0 Å². The fourth-order valence-electron chi connectivity index (χ4n) is 3.90. The van der Waals surface area contributed by atoms with Crippen molar-refractivity contribution in [3.8, 4) is 5.75 Å². The maximum atomic E-state index is 13.2. The van der Waals surface area contributed by atoms with Crippen molar-refractivity contribution in [2.45, 2.75) is 0 Å². The minimum Gasteiger partial charge on any atom is -0.506 e. The lowest BCUT2D eigenvalue weighted by Gasteiger charge is -2.37. The van der Waals surface area contributed by atoms with Crippen molar-refractivity contribution < 1.29 is 14.8 Å². The molecule has 0 atom stereocenters. The first kappa shape index (κ1) is 22.2. The topological polar surface area (TPSA) is 103 Å². The highest BCUT2D eigenvalue weighted by molar-refractivity contribution is 6.05. The number of amides is 1. The van der Waals surface area contributed by atoms with Crippen LogP contribution in [-0.4, -0.2) is 65.1 Å². The summed E-state index contributed by atoms with van der Waals surface area (Å²) in [5.74, 6) is 0.561. The van der Waals surface area contributed by atoms with Gasteiger partial charge < -0.3 is 10.0 Å². The highest BCUT2D eigenvalue weighted by atomic mass is 16.6. The molecule has 3 aromatic rings. The number of benzene rings is 2. The number of rotatable bonds is 7. The molecule has 2 heterocycles. The summed E-state index contributed by atoms with van der Waals surface area (Å²) in [5, 5.41) is 21.0. The van der Waals surface area contributed by atoms with Crippen LogP contribution in [0.5, 0.6) is 5.75 Å². The molecule has 170 valence electrons. The van der Waals surface area contributed by atoms with Crippen LogP contribution in [0.15, 0.2) is 72.9 Å². The van der Waals surface area contributed by atoms with Crippen LogP contribution in [0.4, 0.5) is 17.2 Å². The number of nitro groups is 1. The van der Waals surface area contributed by atoms with Crippen LogP contribution in [-0.2, 0) is 0 Å². The lowest BCUT2D eigenvalue weighted by Crippen LogP contribution is -2.49. The summed E-state index contributed by atoms with van der Waals surface area (Å²) >= 11 is 0. The summed E-state index contributed by atoms with van der Waals surface area (Å²) < 4.78 is 0. The number of anilines is 2. The second kappa shape index (κ2) is 10.1. The number of hydrogen-bond donors (Lipinski definition) is 1. The van der Waals surface area contributed by atoms with E-state index in [0.29, 0.717) is 24.5 Å². The zero-order valence-electron chi connectivity index (χ0n) is 18.1. The third kappa shape index (κ3) is 5.27. The Morgan fingerprint density at radius 2 is 1.70 bits per heavy atom. The summed E-state index contributed by atoms with van der Waals surface area (Å²) in [4.78, 5) is 34.1. The third-order valence-corrected chi connectivity index (χ3v) is 5.73. The smallest absolute Gasteiger partial charge is 0.269 e. The number of aromatic hydroxyl groups is 1. The molecule has 9 nitrogen and oxygen atoms in total. The third-order valence-electron chi connectivity index (χ3n) is 5.73. The van der Waals surface area contributed by atoms with E-state index in [1.54, 1.807) is 29.3 Å². The Bertz CT molecular complexity index is 1100. The van der Waals surface area contributed by atoms with Crippen molar-refractivity contribution in [2.24, 2.45) is 0 Å². The number of phenols is 1. The molecule has 0 aliphatic carbocycles. The van der Waals surface area contributed by atoms with Crippen LogP contribution in [0.2, 0.25) is 0 Å². The molecule has 1 aromatic heterocycles. The summed E-state index contributed by atoms with van der Waals surface area (Å²) in [6.45, 7) is 4.24. The van der Waals surface area contributed by atoms with Gasteiger partial charge in [-0.15, -0.1) is 0 Å². The van der Waals surface area contributed by atoms with Gasteiger partial charge in [0.25, 0.3) is 11.6 Å². The number of aromatic nitrogens is 1. The first-order chi connectivity index (χ1) is 16.0. The molecule has 1 aliphatic heterocycles. The van der Waals surface area contributed by atoms with Gasteiger partial charge in [0.15, 0.2) is 0 Å². The minimum absolute atomic E-state index is 0.0572. The molecule has 1 amide bonds. The number of nitro benzene ring substituents is 1. The van der Waals surface area contributed by atoms with E-state index in [1.165, 1.54) is 24.3 Å². The Hall–Kier alpha value is -3.98. The zero-order chi connectivity index (χ0) is 23.2. The van der Waals surface area contributed by atoms with Gasteiger partial charge in [0, 0.05) is 63.2 Å². The predicted octanol–water partition coefficient (Wildman–Crippen LogP) is 3.16. The highest BCUT2D eigenvalue weighted by Crippen LogP contribution is 2.27. The average Bonchev–Trinajstić information content (AvgIpc) is 2.85. The van der Waals surface area contributed by atoms with Gasteiger partial charge in [-0.25, -0.2) is 4.98 Å². The molecule has 0 radical (unpaired) electrons. The summed E-state index contributed by atoms with van der Waals surface area (Å²) in [5.41, 5.74) is 1.15. The van der Waals surface area contributed by atoms with Crippen molar-refractivity contribution in [2.75, 3.05) is 49.1 Å². The van der Waals surface area contributed by atoms with Gasteiger partial charge in [0.05, 0.1) is 10.6 Å². The fourth-order valence-corrected chi connectivity index (χ4v) is 3.90. The molecule has 0 bridgehead atoms. The first-order valence-electron chi connectivity index (χ1n) is 10.8. The second-order valence-corrected chi connectivity index (χ2v) is 7.77. The van der Waals surface area contributed by atoms with Crippen molar-refractivity contribution in [1.29, 1.82) is 0 Å². The maximum absolute atomic E-state index is 13.2. The van der Waals surface area contributed by atoms with Crippen LogP contribution in [0, 0.1) is 10.1 Å². The van der Waals surface area contributed by atoms with Crippen molar-refractivity contribution in [1.82, 2.24) is 9.88 Å². The van der Waals surface area contributed by atoms with Crippen molar-refractivity contribution in [3.63, 3.8) is 0 Å². The van der Waals surface area contributed by atoms with Gasteiger partial charge in [-0.3, -0.25) is 24.7 Å². The number of carbonyl (C=O) groups excluding carboxylic acids is 1. The molecule has 2 aromatic carbocycles. The molecule has 1 saturated heterocycles. The van der Waals surface area contributed by atoms with Crippen molar-refractivity contribution in [3.05, 3.63) is 88.6 Å². The van der Waals surface area contributed by atoms with Crippen LogP contribution in [0.1, 0.15) is 10.4 Å².